The highest BCUT2D eigenvalue weighted by molar-refractivity contribution is 5.93. The molecule has 1 unspecified atom stereocenters. The van der Waals surface area contributed by atoms with Crippen LogP contribution in [0.4, 0.5) is 0 Å². The highest BCUT2D eigenvalue weighted by Crippen LogP contribution is 2.23. The zero-order valence-corrected chi connectivity index (χ0v) is 13.8. The Morgan fingerprint density at radius 1 is 1.09 bits per heavy atom. The van der Waals surface area contributed by atoms with Gasteiger partial charge in [-0.2, -0.15) is 0 Å². The van der Waals surface area contributed by atoms with Crippen molar-refractivity contribution in [1.29, 1.82) is 0 Å². The van der Waals surface area contributed by atoms with Crippen LogP contribution in [0, 0.1) is 0 Å². The molecule has 0 bridgehead atoms. The number of ether oxygens (including phenoxy) is 3. The van der Waals surface area contributed by atoms with Gasteiger partial charge in [-0.1, -0.05) is 12.8 Å². The van der Waals surface area contributed by atoms with E-state index in [1.165, 1.54) is 14.2 Å². The highest BCUT2D eigenvalue weighted by Gasteiger charge is 2.24. The van der Waals surface area contributed by atoms with E-state index in [1.807, 2.05) is 0 Å². The number of carbonyl (C=O) groups is 2. The fourth-order valence-electron chi connectivity index (χ4n) is 2.60. The van der Waals surface area contributed by atoms with Gasteiger partial charge in [0.1, 0.15) is 11.5 Å². The lowest BCUT2D eigenvalue weighted by atomic mass is 10.2. The first-order valence-corrected chi connectivity index (χ1v) is 7.78. The third-order valence-corrected chi connectivity index (χ3v) is 3.94. The molecule has 6 heteroatoms. The molecule has 1 aliphatic rings. The van der Waals surface area contributed by atoms with Crippen molar-refractivity contribution in [3.8, 4) is 11.5 Å². The Labute approximate surface area is 136 Å². The number of carbonyl (C=O) groups excluding carboxylic acids is 2. The predicted octanol–water partition coefficient (Wildman–Crippen LogP) is 2.31. The van der Waals surface area contributed by atoms with Gasteiger partial charge in [0, 0.05) is 12.1 Å². The molecule has 1 amide bonds. The van der Waals surface area contributed by atoms with Gasteiger partial charge in [-0.05, 0) is 31.9 Å². The average molecular weight is 321 g/mol. The Hall–Kier alpha value is -2.24. The number of nitrogens with one attached hydrogen (secondary N) is 1. The van der Waals surface area contributed by atoms with Crippen LogP contribution >= 0.6 is 0 Å². The average Bonchev–Trinajstić information content (AvgIpc) is 3.06. The summed E-state index contributed by atoms with van der Waals surface area (Å²) in [6, 6.07) is 4.95. The van der Waals surface area contributed by atoms with Gasteiger partial charge in [-0.25, -0.2) is 4.79 Å². The third-order valence-electron chi connectivity index (χ3n) is 3.94. The van der Waals surface area contributed by atoms with E-state index in [0.717, 1.165) is 25.7 Å². The van der Waals surface area contributed by atoms with E-state index < -0.39 is 12.1 Å². The Balaban J connectivity index is 1.98. The Kier molecular flexibility index (Phi) is 5.84. The molecule has 0 heterocycles. The van der Waals surface area contributed by atoms with Gasteiger partial charge in [0.25, 0.3) is 5.91 Å². The first kappa shape index (κ1) is 17.1. The minimum Gasteiger partial charge on any atom is -0.497 e. The minimum atomic E-state index is -0.847. The number of hydrogen-bond acceptors (Lipinski definition) is 5. The van der Waals surface area contributed by atoms with Crippen LogP contribution in [0.2, 0.25) is 0 Å². The maximum absolute atomic E-state index is 12.2. The summed E-state index contributed by atoms with van der Waals surface area (Å²) >= 11 is 0. The van der Waals surface area contributed by atoms with Crippen molar-refractivity contribution < 1.29 is 23.8 Å². The predicted molar refractivity (Wildman–Crippen MR) is 84.8 cm³/mol. The molecule has 1 N–H and O–H groups in total. The largest absolute Gasteiger partial charge is 0.497 e. The molecule has 23 heavy (non-hydrogen) atoms. The monoisotopic (exact) mass is 321 g/mol. The molecule has 1 aromatic rings. The highest BCUT2D eigenvalue weighted by atomic mass is 16.5. The van der Waals surface area contributed by atoms with Crippen LogP contribution in [-0.4, -0.2) is 38.2 Å². The number of esters is 1. The summed E-state index contributed by atoms with van der Waals surface area (Å²) in [7, 11) is 3.00. The third kappa shape index (κ3) is 4.61. The smallest absolute Gasteiger partial charge is 0.339 e. The molecule has 1 aliphatic carbocycles. The maximum Gasteiger partial charge on any atom is 0.339 e. The van der Waals surface area contributed by atoms with E-state index in [-0.39, 0.29) is 17.5 Å². The van der Waals surface area contributed by atoms with Crippen LogP contribution in [0.3, 0.4) is 0 Å². The Morgan fingerprint density at radius 3 is 2.17 bits per heavy atom. The summed E-state index contributed by atoms with van der Waals surface area (Å²) in [5.74, 6) is 0.120. The van der Waals surface area contributed by atoms with E-state index in [9.17, 15) is 9.59 Å². The van der Waals surface area contributed by atoms with Gasteiger partial charge in [0.2, 0.25) is 0 Å². The van der Waals surface area contributed by atoms with Crippen LogP contribution in [0.5, 0.6) is 11.5 Å². The molecule has 0 spiro atoms. The zero-order chi connectivity index (χ0) is 16.8. The van der Waals surface area contributed by atoms with E-state index in [0.29, 0.717) is 11.5 Å². The van der Waals surface area contributed by atoms with Crippen molar-refractivity contribution in [1.82, 2.24) is 5.32 Å². The molecule has 6 nitrogen and oxygen atoms in total. The second-order valence-electron chi connectivity index (χ2n) is 5.64. The van der Waals surface area contributed by atoms with E-state index in [1.54, 1.807) is 25.1 Å². The van der Waals surface area contributed by atoms with Gasteiger partial charge in [-0.15, -0.1) is 0 Å². The molecular formula is C17H23NO5. The summed E-state index contributed by atoms with van der Waals surface area (Å²) in [6.07, 6.45) is 3.38. The van der Waals surface area contributed by atoms with Gasteiger partial charge >= 0.3 is 5.97 Å². The molecule has 0 radical (unpaired) electrons. The number of methoxy groups -OCH3 is 2. The van der Waals surface area contributed by atoms with Gasteiger partial charge in [-0.3, -0.25) is 4.79 Å². The molecule has 2 rings (SSSR count). The number of amides is 1. The summed E-state index contributed by atoms with van der Waals surface area (Å²) in [6.45, 7) is 1.57. The van der Waals surface area contributed by atoms with Crippen LogP contribution in [0.25, 0.3) is 0 Å². The number of hydrogen-bond donors (Lipinski definition) is 1. The van der Waals surface area contributed by atoms with E-state index >= 15 is 0 Å². The summed E-state index contributed by atoms with van der Waals surface area (Å²) in [5.41, 5.74) is 0.279. The van der Waals surface area contributed by atoms with Crippen molar-refractivity contribution in [3.63, 3.8) is 0 Å². The fraction of sp³-hybridized carbons (Fsp3) is 0.529. The molecule has 126 valence electrons. The first-order chi connectivity index (χ1) is 11.0. The lowest BCUT2D eigenvalue weighted by molar-refractivity contribution is -0.129. The maximum atomic E-state index is 12.2. The quantitative estimate of drug-likeness (QED) is 0.814. The summed E-state index contributed by atoms with van der Waals surface area (Å²) < 4.78 is 15.5. The molecule has 0 aromatic heterocycles. The lowest BCUT2D eigenvalue weighted by Gasteiger charge is -2.17. The van der Waals surface area contributed by atoms with E-state index in [4.69, 9.17) is 14.2 Å². The molecule has 1 fully saturated rings. The topological polar surface area (TPSA) is 73.9 Å². The second-order valence-corrected chi connectivity index (χ2v) is 5.64. The van der Waals surface area contributed by atoms with Crippen molar-refractivity contribution >= 4 is 11.9 Å². The normalized spacial score (nSPS) is 15.8. The molecular weight excluding hydrogens is 298 g/mol. The standard InChI is InChI=1S/C17H23NO5/c1-11(16(19)18-13-6-4-5-7-13)23-17(20)12-8-14(21-2)10-15(9-12)22-3/h8-11,13H,4-7H2,1-3H3,(H,18,19). The fourth-order valence-corrected chi connectivity index (χ4v) is 2.60. The van der Waals surface area contributed by atoms with Crippen LogP contribution in [0.15, 0.2) is 18.2 Å². The molecule has 1 atom stereocenters. The first-order valence-electron chi connectivity index (χ1n) is 7.78. The number of benzene rings is 1. The van der Waals surface area contributed by atoms with Gasteiger partial charge in [0.05, 0.1) is 19.8 Å². The van der Waals surface area contributed by atoms with Crippen molar-refractivity contribution in [3.05, 3.63) is 23.8 Å². The van der Waals surface area contributed by atoms with Gasteiger partial charge in [0.15, 0.2) is 6.10 Å². The molecule has 0 saturated heterocycles. The molecule has 1 aromatic carbocycles. The Bertz CT molecular complexity index is 544. The van der Waals surface area contributed by atoms with Crippen LogP contribution in [-0.2, 0) is 9.53 Å². The zero-order valence-electron chi connectivity index (χ0n) is 13.8. The van der Waals surface area contributed by atoms with Crippen molar-refractivity contribution in [2.45, 2.75) is 44.8 Å². The lowest BCUT2D eigenvalue weighted by Crippen LogP contribution is -2.40. The summed E-state index contributed by atoms with van der Waals surface area (Å²) in [4.78, 5) is 24.3. The Morgan fingerprint density at radius 2 is 1.65 bits per heavy atom. The second kappa shape index (κ2) is 7.85. The van der Waals surface area contributed by atoms with Crippen molar-refractivity contribution in [2.75, 3.05) is 14.2 Å². The molecule has 1 saturated carbocycles. The van der Waals surface area contributed by atoms with E-state index in [2.05, 4.69) is 5.32 Å². The van der Waals surface area contributed by atoms with Crippen molar-refractivity contribution in [2.24, 2.45) is 0 Å². The molecule has 0 aliphatic heterocycles. The SMILES string of the molecule is COc1cc(OC)cc(C(=O)OC(C)C(=O)NC2CCCC2)c1. The van der Waals surface area contributed by atoms with Gasteiger partial charge < -0.3 is 19.5 Å². The van der Waals surface area contributed by atoms with Crippen LogP contribution in [0.1, 0.15) is 43.0 Å². The summed E-state index contributed by atoms with van der Waals surface area (Å²) in [5, 5.41) is 2.92. The number of rotatable bonds is 6. The minimum absolute atomic E-state index is 0.195. The van der Waals surface area contributed by atoms with Crippen LogP contribution < -0.4 is 14.8 Å².